The molecule has 0 spiro atoms. The van der Waals surface area contributed by atoms with Gasteiger partial charge in [0.2, 0.25) is 3.79 Å². The average molecular weight is 201 g/mol. The Bertz CT molecular complexity index is 75.5. The standard InChI is InChI=1S/C4H7Cl3O.Na.H/c1-3(2,8)4(5,6)7;;/h8H,1-2H3;;/q;+1;-1. The van der Waals surface area contributed by atoms with Crippen molar-refractivity contribution < 1.29 is 36.1 Å². The van der Waals surface area contributed by atoms with E-state index >= 15 is 0 Å². The van der Waals surface area contributed by atoms with E-state index < -0.39 is 9.39 Å². The van der Waals surface area contributed by atoms with E-state index in [0.29, 0.717) is 0 Å². The molecular weight excluding hydrogens is 193 g/mol. The Hall–Kier alpha value is 1.83. The van der Waals surface area contributed by atoms with Crippen LogP contribution in [0.25, 0.3) is 0 Å². The van der Waals surface area contributed by atoms with Crippen molar-refractivity contribution in [2.75, 3.05) is 0 Å². The van der Waals surface area contributed by atoms with Gasteiger partial charge in [-0.05, 0) is 13.8 Å². The van der Waals surface area contributed by atoms with Crippen LogP contribution in [0.4, 0.5) is 0 Å². The molecule has 0 aromatic rings. The smallest absolute Gasteiger partial charge is 1.00 e. The summed E-state index contributed by atoms with van der Waals surface area (Å²) in [6.45, 7) is 2.86. The molecule has 0 aliphatic carbocycles. The zero-order valence-corrected chi connectivity index (χ0v) is 9.85. The number of hydrogen-bond acceptors (Lipinski definition) is 1. The zero-order chi connectivity index (χ0) is 7.00. The van der Waals surface area contributed by atoms with E-state index in [1.165, 1.54) is 13.8 Å². The van der Waals surface area contributed by atoms with E-state index in [1.807, 2.05) is 0 Å². The predicted octanol–water partition coefficient (Wildman–Crippen LogP) is -0.756. The van der Waals surface area contributed by atoms with Crippen molar-refractivity contribution in [1.82, 2.24) is 0 Å². The summed E-state index contributed by atoms with van der Waals surface area (Å²) in [7, 11) is 0. The summed E-state index contributed by atoms with van der Waals surface area (Å²) in [5, 5.41) is 8.96. The Morgan fingerprint density at radius 1 is 1.22 bits per heavy atom. The summed E-state index contributed by atoms with van der Waals surface area (Å²) >= 11 is 15.9. The molecule has 0 fully saturated rings. The van der Waals surface area contributed by atoms with E-state index in [1.54, 1.807) is 0 Å². The van der Waals surface area contributed by atoms with Crippen molar-refractivity contribution in [2.24, 2.45) is 0 Å². The predicted molar refractivity (Wildman–Crippen MR) is 37.7 cm³/mol. The van der Waals surface area contributed by atoms with Gasteiger partial charge in [0, 0.05) is 0 Å². The molecule has 0 aromatic carbocycles. The van der Waals surface area contributed by atoms with E-state index in [-0.39, 0.29) is 31.0 Å². The molecule has 0 amide bonds. The maximum Gasteiger partial charge on any atom is 1.00 e. The number of alkyl halides is 3. The van der Waals surface area contributed by atoms with E-state index in [9.17, 15) is 0 Å². The van der Waals surface area contributed by atoms with Crippen molar-refractivity contribution in [3.63, 3.8) is 0 Å². The molecule has 5 heteroatoms. The molecule has 1 N–H and O–H groups in total. The molecule has 52 valence electrons. The number of halogens is 3. The van der Waals surface area contributed by atoms with Crippen molar-refractivity contribution in [2.45, 2.75) is 23.2 Å². The molecule has 0 saturated carbocycles. The molecule has 0 bridgehead atoms. The summed E-state index contributed by atoms with van der Waals surface area (Å²) < 4.78 is -1.59. The largest absolute Gasteiger partial charge is 1.00 e. The fourth-order valence-corrected chi connectivity index (χ4v) is 0. The Kier molecular flexibility index (Phi) is 5.98. The maximum atomic E-state index is 8.96. The van der Waals surface area contributed by atoms with Gasteiger partial charge in [0.05, 0.1) is 0 Å². The van der Waals surface area contributed by atoms with Gasteiger partial charge >= 0.3 is 29.6 Å². The first-order valence-corrected chi connectivity index (χ1v) is 3.17. The van der Waals surface area contributed by atoms with Gasteiger partial charge < -0.3 is 6.53 Å². The maximum absolute atomic E-state index is 8.96. The molecule has 0 aliphatic heterocycles. The van der Waals surface area contributed by atoms with Crippen LogP contribution in [0.1, 0.15) is 15.3 Å². The molecule has 0 aromatic heterocycles. The van der Waals surface area contributed by atoms with Crippen LogP contribution in [-0.4, -0.2) is 14.5 Å². The van der Waals surface area contributed by atoms with Gasteiger partial charge in [-0.1, -0.05) is 34.8 Å². The molecule has 0 saturated heterocycles. The number of rotatable bonds is 0. The van der Waals surface area contributed by atoms with Crippen LogP contribution in [0, 0.1) is 0 Å². The third-order valence-corrected chi connectivity index (χ3v) is 2.08. The van der Waals surface area contributed by atoms with Gasteiger partial charge in [-0.2, -0.15) is 0 Å². The van der Waals surface area contributed by atoms with Crippen molar-refractivity contribution in [1.29, 1.82) is 0 Å². The minimum atomic E-state index is -1.59. The zero-order valence-electron chi connectivity index (χ0n) is 6.58. The summed E-state index contributed by atoms with van der Waals surface area (Å²) in [5.74, 6) is 0. The van der Waals surface area contributed by atoms with Crippen LogP contribution in [-0.2, 0) is 0 Å². The van der Waals surface area contributed by atoms with Gasteiger partial charge in [0.15, 0.2) is 0 Å². The Labute approximate surface area is 93.4 Å². The quantitative estimate of drug-likeness (QED) is 0.404. The molecule has 0 rings (SSSR count). The molecule has 0 heterocycles. The van der Waals surface area contributed by atoms with Gasteiger partial charge in [-0.25, -0.2) is 0 Å². The van der Waals surface area contributed by atoms with Crippen LogP contribution >= 0.6 is 34.8 Å². The monoisotopic (exact) mass is 200 g/mol. The summed E-state index contributed by atoms with van der Waals surface area (Å²) in [4.78, 5) is 0. The SMILES string of the molecule is CC(C)(O)C(Cl)(Cl)Cl.[H-].[Na+]. The number of aliphatic hydroxyl groups is 1. The molecule has 0 atom stereocenters. The minimum Gasteiger partial charge on any atom is -1.00 e. The third kappa shape index (κ3) is 5.14. The van der Waals surface area contributed by atoms with Gasteiger partial charge in [-0.3, -0.25) is 0 Å². The second kappa shape index (κ2) is 4.01. The van der Waals surface area contributed by atoms with E-state index in [4.69, 9.17) is 39.9 Å². The Morgan fingerprint density at radius 3 is 1.33 bits per heavy atom. The fraction of sp³-hybridized carbons (Fsp3) is 1.00. The summed E-state index contributed by atoms with van der Waals surface area (Å²) in [5.41, 5.74) is -1.27. The van der Waals surface area contributed by atoms with Gasteiger partial charge in [0.1, 0.15) is 5.60 Å². The molecule has 9 heavy (non-hydrogen) atoms. The molecular formula is C4H8Cl3NaO. The van der Waals surface area contributed by atoms with Gasteiger partial charge in [-0.15, -0.1) is 0 Å². The molecule has 0 unspecified atom stereocenters. The molecule has 1 nitrogen and oxygen atoms in total. The minimum absolute atomic E-state index is 0. The van der Waals surface area contributed by atoms with Crippen molar-refractivity contribution >= 4 is 34.8 Å². The van der Waals surface area contributed by atoms with Crippen LogP contribution < -0.4 is 29.6 Å². The second-order valence-corrected chi connectivity index (χ2v) is 4.34. The van der Waals surface area contributed by atoms with E-state index in [0.717, 1.165) is 0 Å². The first-order valence-electron chi connectivity index (χ1n) is 2.04. The fourth-order valence-electron chi connectivity index (χ4n) is 0. The second-order valence-electron chi connectivity index (χ2n) is 2.06. The molecule has 0 radical (unpaired) electrons. The van der Waals surface area contributed by atoms with Gasteiger partial charge in [0.25, 0.3) is 0 Å². The normalized spacial score (nSPS) is 12.7. The Morgan fingerprint density at radius 2 is 1.33 bits per heavy atom. The first kappa shape index (κ1) is 13.4. The average Bonchev–Trinajstić information content (AvgIpc) is 1.25. The first-order chi connectivity index (χ1) is 3.25. The van der Waals surface area contributed by atoms with Crippen LogP contribution in [0.3, 0.4) is 0 Å². The molecule has 0 aliphatic rings. The topological polar surface area (TPSA) is 20.2 Å². The third-order valence-electron chi connectivity index (χ3n) is 0.694. The van der Waals surface area contributed by atoms with Crippen LogP contribution in [0.2, 0.25) is 0 Å². The van der Waals surface area contributed by atoms with Crippen molar-refractivity contribution in [3.8, 4) is 0 Å². The van der Waals surface area contributed by atoms with E-state index in [2.05, 4.69) is 0 Å². The van der Waals surface area contributed by atoms with Crippen LogP contribution in [0.5, 0.6) is 0 Å². The van der Waals surface area contributed by atoms with Crippen molar-refractivity contribution in [3.05, 3.63) is 0 Å². The summed E-state index contributed by atoms with van der Waals surface area (Å²) in [6, 6.07) is 0. The van der Waals surface area contributed by atoms with Crippen LogP contribution in [0.15, 0.2) is 0 Å². The number of hydrogen-bond donors (Lipinski definition) is 1. The summed E-state index contributed by atoms with van der Waals surface area (Å²) in [6.07, 6.45) is 0. The Balaban J connectivity index is -0.000000245.